The number of phenols is 1. The Balaban J connectivity index is 2.58. The minimum atomic E-state index is -0.354. The van der Waals surface area contributed by atoms with Crippen LogP contribution in [-0.2, 0) is 0 Å². The van der Waals surface area contributed by atoms with E-state index in [1.54, 1.807) is 25.1 Å². The van der Waals surface area contributed by atoms with E-state index in [1.165, 1.54) is 18.2 Å². The van der Waals surface area contributed by atoms with E-state index in [4.69, 9.17) is 11.6 Å². The van der Waals surface area contributed by atoms with E-state index < -0.39 is 0 Å². The van der Waals surface area contributed by atoms with Gasteiger partial charge in [-0.15, -0.1) is 0 Å². The summed E-state index contributed by atoms with van der Waals surface area (Å²) < 4.78 is 13.5. The fraction of sp³-hybridized carbons (Fsp3) is 0.0769. The summed E-state index contributed by atoms with van der Waals surface area (Å²) in [7, 11) is 0. The van der Waals surface area contributed by atoms with Gasteiger partial charge in [0.05, 0.1) is 0 Å². The van der Waals surface area contributed by atoms with Crippen LogP contribution in [0.3, 0.4) is 0 Å². The number of aryl methyl sites for hydroxylation is 1. The Kier molecular flexibility index (Phi) is 2.84. The fourth-order valence-corrected chi connectivity index (χ4v) is 1.67. The van der Waals surface area contributed by atoms with Gasteiger partial charge >= 0.3 is 0 Å². The van der Waals surface area contributed by atoms with Gasteiger partial charge < -0.3 is 5.11 Å². The summed E-state index contributed by atoms with van der Waals surface area (Å²) in [5.41, 5.74) is 1.76. The van der Waals surface area contributed by atoms with Crippen molar-refractivity contribution in [2.24, 2.45) is 0 Å². The zero-order valence-corrected chi connectivity index (χ0v) is 9.42. The van der Waals surface area contributed by atoms with Crippen LogP contribution in [-0.4, -0.2) is 5.11 Å². The zero-order valence-electron chi connectivity index (χ0n) is 8.67. The predicted octanol–water partition coefficient (Wildman–Crippen LogP) is 4.16. The van der Waals surface area contributed by atoms with Crippen LogP contribution >= 0.6 is 11.6 Å². The Morgan fingerprint density at radius 3 is 2.56 bits per heavy atom. The third-order valence-electron chi connectivity index (χ3n) is 2.45. The molecule has 0 aromatic heterocycles. The van der Waals surface area contributed by atoms with Gasteiger partial charge in [-0.05, 0) is 42.3 Å². The summed E-state index contributed by atoms with van der Waals surface area (Å²) in [5, 5.41) is 10.0. The number of hydrogen-bond donors (Lipinski definition) is 1. The Bertz CT molecular complexity index is 537. The molecule has 2 aromatic carbocycles. The van der Waals surface area contributed by atoms with Gasteiger partial charge in [-0.1, -0.05) is 23.7 Å². The average molecular weight is 237 g/mol. The quantitative estimate of drug-likeness (QED) is 0.788. The molecule has 0 bridgehead atoms. The van der Waals surface area contributed by atoms with Crippen molar-refractivity contribution in [3.63, 3.8) is 0 Å². The Morgan fingerprint density at radius 1 is 1.12 bits per heavy atom. The van der Waals surface area contributed by atoms with Crippen LogP contribution in [0.25, 0.3) is 11.1 Å². The third-order valence-corrected chi connectivity index (χ3v) is 2.68. The van der Waals surface area contributed by atoms with Crippen LogP contribution in [0.1, 0.15) is 5.56 Å². The first kappa shape index (κ1) is 11.0. The SMILES string of the molecule is Cc1ccc(-c2cc(Cl)ccc2F)cc1O. The van der Waals surface area contributed by atoms with Crippen molar-refractivity contribution < 1.29 is 9.50 Å². The van der Waals surface area contributed by atoms with Crippen LogP contribution in [0.2, 0.25) is 5.02 Å². The van der Waals surface area contributed by atoms with Crippen molar-refractivity contribution in [3.8, 4) is 16.9 Å². The molecule has 0 unspecified atom stereocenters. The lowest BCUT2D eigenvalue weighted by Gasteiger charge is -2.06. The van der Waals surface area contributed by atoms with Gasteiger partial charge in [0.15, 0.2) is 0 Å². The van der Waals surface area contributed by atoms with Gasteiger partial charge in [0.2, 0.25) is 0 Å². The molecule has 0 saturated heterocycles. The molecular weight excluding hydrogens is 227 g/mol. The topological polar surface area (TPSA) is 20.2 Å². The predicted molar refractivity (Wildman–Crippen MR) is 63.2 cm³/mol. The maximum Gasteiger partial charge on any atom is 0.131 e. The van der Waals surface area contributed by atoms with E-state index in [0.717, 1.165) is 5.56 Å². The van der Waals surface area contributed by atoms with Crippen LogP contribution in [0.15, 0.2) is 36.4 Å². The highest BCUT2D eigenvalue weighted by atomic mass is 35.5. The highest BCUT2D eigenvalue weighted by Gasteiger charge is 2.07. The van der Waals surface area contributed by atoms with Crippen LogP contribution in [0.4, 0.5) is 4.39 Å². The molecule has 0 aliphatic heterocycles. The number of rotatable bonds is 1. The molecule has 0 atom stereocenters. The zero-order chi connectivity index (χ0) is 11.7. The van der Waals surface area contributed by atoms with Gasteiger partial charge in [-0.2, -0.15) is 0 Å². The second-order valence-electron chi connectivity index (χ2n) is 3.63. The first-order valence-electron chi connectivity index (χ1n) is 4.83. The smallest absolute Gasteiger partial charge is 0.131 e. The third kappa shape index (κ3) is 2.02. The largest absolute Gasteiger partial charge is 0.508 e. The monoisotopic (exact) mass is 236 g/mol. The molecule has 82 valence electrons. The van der Waals surface area contributed by atoms with Gasteiger partial charge in [-0.25, -0.2) is 4.39 Å². The lowest BCUT2D eigenvalue weighted by molar-refractivity contribution is 0.471. The van der Waals surface area contributed by atoms with Crippen molar-refractivity contribution in [1.82, 2.24) is 0 Å². The minimum absolute atomic E-state index is 0.150. The van der Waals surface area contributed by atoms with Crippen molar-refractivity contribution in [2.45, 2.75) is 6.92 Å². The number of benzene rings is 2. The number of hydrogen-bond acceptors (Lipinski definition) is 1. The van der Waals surface area contributed by atoms with E-state index in [1.807, 2.05) is 0 Å². The van der Waals surface area contributed by atoms with Crippen molar-refractivity contribution >= 4 is 11.6 Å². The highest BCUT2D eigenvalue weighted by Crippen LogP contribution is 2.29. The maximum absolute atomic E-state index is 13.5. The van der Waals surface area contributed by atoms with E-state index >= 15 is 0 Å². The van der Waals surface area contributed by atoms with Gasteiger partial charge in [-0.3, -0.25) is 0 Å². The summed E-state index contributed by atoms with van der Waals surface area (Å²) >= 11 is 5.81. The first-order valence-corrected chi connectivity index (χ1v) is 5.21. The molecule has 3 heteroatoms. The Labute approximate surface area is 98.1 Å². The molecule has 0 heterocycles. The summed E-state index contributed by atoms with van der Waals surface area (Å²) in [6.45, 7) is 1.79. The molecule has 16 heavy (non-hydrogen) atoms. The molecule has 2 rings (SSSR count). The molecule has 2 aromatic rings. The molecule has 0 aliphatic carbocycles. The van der Waals surface area contributed by atoms with Crippen molar-refractivity contribution in [3.05, 3.63) is 52.8 Å². The van der Waals surface area contributed by atoms with Gasteiger partial charge in [0, 0.05) is 10.6 Å². The molecule has 0 amide bonds. The minimum Gasteiger partial charge on any atom is -0.508 e. The molecule has 1 nitrogen and oxygen atoms in total. The molecule has 0 fully saturated rings. The molecule has 1 N–H and O–H groups in total. The second-order valence-corrected chi connectivity index (χ2v) is 4.06. The normalized spacial score (nSPS) is 10.4. The fourth-order valence-electron chi connectivity index (χ4n) is 1.50. The van der Waals surface area contributed by atoms with Gasteiger partial charge in [0.25, 0.3) is 0 Å². The summed E-state index contributed by atoms with van der Waals surface area (Å²) in [5.74, 6) is -0.204. The maximum atomic E-state index is 13.5. The Morgan fingerprint density at radius 2 is 1.88 bits per heavy atom. The molecule has 0 aliphatic rings. The number of aromatic hydroxyl groups is 1. The number of halogens is 2. The second kappa shape index (κ2) is 4.14. The van der Waals surface area contributed by atoms with E-state index in [-0.39, 0.29) is 11.6 Å². The first-order chi connectivity index (χ1) is 7.58. The lowest BCUT2D eigenvalue weighted by Crippen LogP contribution is -1.85. The summed E-state index contributed by atoms with van der Waals surface area (Å²) in [4.78, 5) is 0. The van der Waals surface area contributed by atoms with Gasteiger partial charge in [0.1, 0.15) is 11.6 Å². The van der Waals surface area contributed by atoms with Crippen LogP contribution in [0.5, 0.6) is 5.75 Å². The summed E-state index contributed by atoms with van der Waals surface area (Å²) in [6, 6.07) is 9.38. The molecule has 0 radical (unpaired) electrons. The molecule has 0 spiro atoms. The molecule has 0 saturated carbocycles. The van der Waals surface area contributed by atoms with Crippen LogP contribution in [0, 0.1) is 12.7 Å². The number of phenolic OH excluding ortho intramolecular Hbond substituents is 1. The Hall–Kier alpha value is -1.54. The van der Waals surface area contributed by atoms with E-state index in [9.17, 15) is 9.50 Å². The van der Waals surface area contributed by atoms with Crippen molar-refractivity contribution in [2.75, 3.05) is 0 Å². The lowest BCUT2D eigenvalue weighted by atomic mass is 10.0. The van der Waals surface area contributed by atoms with E-state index in [0.29, 0.717) is 16.1 Å². The van der Waals surface area contributed by atoms with Crippen molar-refractivity contribution in [1.29, 1.82) is 0 Å². The van der Waals surface area contributed by atoms with E-state index in [2.05, 4.69) is 0 Å². The van der Waals surface area contributed by atoms with Crippen LogP contribution < -0.4 is 0 Å². The molecular formula is C13H10ClFO. The highest BCUT2D eigenvalue weighted by molar-refractivity contribution is 6.30. The average Bonchev–Trinajstić information content (AvgIpc) is 2.26. The summed E-state index contributed by atoms with van der Waals surface area (Å²) in [6.07, 6.45) is 0. The standard InChI is InChI=1S/C13H10ClFO/c1-8-2-3-9(6-13(8)16)11-7-10(14)4-5-12(11)15/h2-7,16H,1H3.